The number of imide groups is 1. The number of alkyl halides is 3. The lowest BCUT2D eigenvalue weighted by atomic mass is 10.2. The monoisotopic (exact) mass is 482 g/mol. The van der Waals surface area contributed by atoms with Gasteiger partial charge in [0.2, 0.25) is 0 Å². The number of aryl methyl sites for hydroxylation is 1. The minimum atomic E-state index is -4.65. The van der Waals surface area contributed by atoms with Gasteiger partial charge in [-0.2, -0.15) is 13.2 Å². The summed E-state index contributed by atoms with van der Waals surface area (Å²) < 4.78 is 45.2. The van der Waals surface area contributed by atoms with E-state index in [4.69, 9.17) is 16.3 Å². The highest BCUT2D eigenvalue weighted by molar-refractivity contribution is 8.04. The number of hydrogen-bond donors (Lipinski definition) is 0. The summed E-state index contributed by atoms with van der Waals surface area (Å²) in [6.45, 7) is 3.44. The van der Waals surface area contributed by atoms with Crippen molar-refractivity contribution in [2.24, 2.45) is 0 Å². The first-order valence-corrected chi connectivity index (χ1v) is 10.9. The van der Waals surface area contributed by atoms with Gasteiger partial charge >= 0.3 is 6.18 Å². The highest BCUT2D eigenvalue weighted by Gasteiger charge is 2.44. The molecule has 0 N–H and O–H groups in total. The molecule has 10 heteroatoms. The SMILES string of the molecule is Cc1ccc(SC2=C(N3CCOCC3)C(=O)N(c3cc(C(F)(F)F)ccc3Cl)C2=O)cc1. The van der Waals surface area contributed by atoms with E-state index in [1.165, 1.54) is 0 Å². The number of halogens is 4. The number of carbonyl (C=O) groups excluding carboxylic acids is 2. The van der Waals surface area contributed by atoms with Gasteiger partial charge in [0.25, 0.3) is 11.8 Å². The summed E-state index contributed by atoms with van der Waals surface area (Å²) in [4.78, 5) is 30.1. The zero-order valence-corrected chi connectivity index (χ0v) is 18.5. The molecule has 32 heavy (non-hydrogen) atoms. The molecule has 2 aromatic carbocycles. The van der Waals surface area contributed by atoms with Crippen molar-refractivity contribution < 1.29 is 27.5 Å². The fourth-order valence-electron chi connectivity index (χ4n) is 3.46. The maximum absolute atomic E-state index is 13.4. The van der Waals surface area contributed by atoms with Crippen molar-refractivity contribution in [2.45, 2.75) is 18.0 Å². The van der Waals surface area contributed by atoms with Crippen molar-refractivity contribution in [1.82, 2.24) is 4.90 Å². The molecule has 1 saturated heterocycles. The molecule has 0 aromatic heterocycles. The number of thioether (sulfide) groups is 1. The molecular formula is C22H18ClF3N2O3S. The molecular weight excluding hydrogens is 465 g/mol. The summed E-state index contributed by atoms with van der Waals surface area (Å²) in [5, 5.41) is -0.123. The van der Waals surface area contributed by atoms with E-state index in [1.807, 2.05) is 31.2 Å². The molecule has 2 aromatic rings. The summed E-state index contributed by atoms with van der Waals surface area (Å²) in [6, 6.07) is 9.98. The molecule has 168 valence electrons. The highest BCUT2D eigenvalue weighted by atomic mass is 35.5. The van der Waals surface area contributed by atoms with Crippen LogP contribution in [-0.4, -0.2) is 43.0 Å². The third kappa shape index (κ3) is 4.37. The van der Waals surface area contributed by atoms with Crippen LogP contribution in [0.4, 0.5) is 18.9 Å². The number of morpholine rings is 1. The summed E-state index contributed by atoms with van der Waals surface area (Å²) in [5.74, 6) is -1.41. The molecule has 0 atom stereocenters. The molecule has 0 bridgehead atoms. The maximum atomic E-state index is 13.4. The van der Waals surface area contributed by atoms with Crippen molar-refractivity contribution in [2.75, 3.05) is 31.2 Å². The van der Waals surface area contributed by atoms with Crippen LogP contribution in [-0.2, 0) is 20.5 Å². The van der Waals surface area contributed by atoms with Gasteiger partial charge in [-0.1, -0.05) is 41.1 Å². The second-order valence-electron chi connectivity index (χ2n) is 7.30. The molecule has 5 nitrogen and oxygen atoms in total. The van der Waals surface area contributed by atoms with Gasteiger partial charge in [0.1, 0.15) is 10.6 Å². The Balaban J connectivity index is 1.77. The number of ether oxygens (including phenoxy) is 1. The molecule has 2 aliphatic rings. The molecule has 0 saturated carbocycles. The molecule has 1 fully saturated rings. The normalized spacial score (nSPS) is 17.5. The summed E-state index contributed by atoms with van der Waals surface area (Å²) in [7, 11) is 0. The number of rotatable bonds is 4. The van der Waals surface area contributed by atoms with Crippen molar-refractivity contribution >= 4 is 40.9 Å². The van der Waals surface area contributed by atoms with Gasteiger partial charge in [-0.3, -0.25) is 9.59 Å². The predicted octanol–water partition coefficient (Wildman–Crippen LogP) is 4.88. The second kappa shape index (κ2) is 8.80. The Bertz CT molecular complexity index is 1100. The lowest BCUT2D eigenvalue weighted by Crippen LogP contribution is -2.40. The average molecular weight is 483 g/mol. The van der Waals surface area contributed by atoms with Crippen molar-refractivity contribution in [3.05, 3.63) is 69.2 Å². The average Bonchev–Trinajstić information content (AvgIpc) is 2.99. The smallest absolute Gasteiger partial charge is 0.378 e. The Hall–Kier alpha value is -2.49. The van der Waals surface area contributed by atoms with E-state index >= 15 is 0 Å². The van der Waals surface area contributed by atoms with Crippen molar-refractivity contribution in [3.8, 4) is 0 Å². The predicted molar refractivity (Wildman–Crippen MR) is 115 cm³/mol. The van der Waals surface area contributed by atoms with Crippen LogP contribution >= 0.6 is 23.4 Å². The van der Waals surface area contributed by atoms with Crippen LogP contribution in [0.3, 0.4) is 0 Å². The van der Waals surface area contributed by atoms with E-state index < -0.39 is 23.6 Å². The van der Waals surface area contributed by atoms with Gasteiger partial charge in [-0.15, -0.1) is 0 Å². The van der Waals surface area contributed by atoms with Crippen LogP contribution in [0.1, 0.15) is 11.1 Å². The fraction of sp³-hybridized carbons (Fsp3) is 0.273. The quantitative estimate of drug-likeness (QED) is 0.582. The number of benzene rings is 2. The van der Waals surface area contributed by atoms with Crippen LogP contribution < -0.4 is 4.90 Å². The Morgan fingerprint density at radius 2 is 1.66 bits per heavy atom. The minimum absolute atomic E-state index is 0.123. The van der Waals surface area contributed by atoms with Gasteiger partial charge in [0.15, 0.2) is 0 Å². The van der Waals surface area contributed by atoms with Crippen LogP contribution in [0, 0.1) is 6.92 Å². The van der Waals surface area contributed by atoms with Gasteiger partial charge in [0.05, 0.1) is 29.5 Å². The lowest BCUT2D eigenvalue weighted by Gasteiger charge is -2.29. The molecule has 2 aliphatic heterocycles. The number of hydrogen-bond acceptors (Lipinski definition) is 5. The third-order valence-electron chi connectivity index (χ3n) is 5.10. The van der Waals surface area contributed by atoms with Gasteiger partial charge < -0.3 is 9.64 Å². The first-order valence-electron chi connectivity index (χ1n) is 9.74. The Kier molecular flexibility index (Phi) is 6.24. The summed E-state index contributed by atoms with van der Waals surface area (Å²) >= 11 is 7.25. The van der Waals surface area contributed by atoms with Crippen LogP contribution in [0.2, 0.25) is 5.02 Å². The third-order valence-corrected chi connectivity index (χ3v) is 6.50. The van der Waals surface area contributed by atoms with E-state index in [0.29, 0.717) is 26.3 Å². The summed E-state index contributed by atoms with van der Waals surface area (Å²) in [5.41, 5.74) is -0.105. The molecule has 4 rings (SSSR count). The molecule has 0 aliphatic carbocycles. The number of carbonyl (C=O) groups is 2. The van der Waals surface area contributed by atoms with Gasteiger partial charge in [0, 0.05) is 18.0 Å². The van der Waals surface area contributed by atoms with Crippen molar-refractivity contribution in [1.29, 1.82) is 0 Å². The van der Waals surface area contributed by atoms with Crippen LogP contribution in [0.25, 0.3) is 0 Å². The molecule has 0 unspecified atom stereocenters. The first kappa shape index (κ1) is 22.7. The summed E-state index contributed by atoms with van der Waals surface area (Å²) in [6.07, 6.45) is -4.65. The van der Waals surface area contributed by atoms with Crippen molar-refractivity contribution in [3.63, 3.8) is 0 Å². The van der Waals surface area contributed by atoms with E-state index in [-0.39, 0.29) is 21.3 Å². The minimum Gasteiger partial charge on any atom is -0.378 e. The zero-order valence-electron chi connectivity index (χ0n) is 16.9. The molecule has 0 radical (unpaired) electrons. The van der Waals surface area contributed by atoms with E-state index in [0.717, 1.165) is 45.3 Å². The first-order chi connectivity index (χ1) is 15.2. The fourth-order valence-corrected chi connectivity index (χ4v) is 4.66. The van der Waals surface area contributed by atoms with Gasteiger partial charge in [-0.25, -0.2) is 4.90 Å². The Labute approximate surface area is 191 Å². The molecule has 0 spiro atoms. The number of nitrogens with zero attached hydrogens (tertiary/aromatic N) is 2. The Morgan fingerprint density at radius 1 is 1.00 bits per heavy atom. The maximum Gasteiger partial charge on any atom is 0.416 e. The van der Waals surface area contributed by atoms with E-state index in [1.54, 1.807) is 4.90 Å². The highest BCUT2D eigenvalue weighted by Crippen LogP contribution is 2.42. The zero-order chi connectivity index (χ0) is 23.0. The van der Waals surface area contributed by atoms with E-state index in [9.17, 15) is 22.8 Å². The molecule has 2 amide bonds. The number of amides is 2. The van der Waals surface area contributed by atoms with Crippen LogP contribution in [0.5, 0.6) is 0 Å². The Morgan fingerprint density at radius 3 is 2.28 bits per heavy atom. The number of anilines is 1. The second-order valence-corrected chi connectivity index (χ2v) is 8.79. The topological polar surface area (TPSA) is 49.9 Å². The van der Waals surface area contributed by atoms with E-state index in [2.05, 4.69) is 0 Å². The lowest BCUT2D eigenvalue weighted by molar-refractivity contribution is -0.137. The standard InChI is InChI=1S/C22H18ClF3N2O3S/c1-13-2-5-15(6-3-13)32-19-18(27-8-10-31-11-9-27)20(29)28(21(19)30)17-12-14(22(24,25)26)4-7-16(17)23/h2-7,12H,8-11H2,1H3. The largest absolute Gasteiger partial charge is 0.416 e. The van der Waals surface area contributed by atoms with Crippen LogP contribution in [0.15, 0.2) is 58.0 Å². The molecule has 2 heterocycles. The van der Waals surface area contributed by atoms with Gasteiger partial charge in [-0.05, 0) is 37.3 Å².